The predicted molar refractivity (Wildman–Crippen MR) is 80.7 cm³/mol. The lowest BCUT2D eigenvalue weighted by atomic mass is 10.3. The van der Waals surface area contributed by atoms with Crippen LogP contribution in [-0.4, -0.2) is 11.0 Å². The van der Waals surface area contributed by atoms with Crippen LogP contribution in [0.4, 0.5) is 0 Å². The molecule has 0 aliphatic carbocycles. The van der Waals surface area contributed by atoms with E-state index >= 15 is 0 Å². The summed E-state index contributed by atoms with van der Waals surface area (Å²) in [7, 11) is 0. The molecule has 0 amide bonds. The van der Waals surface area contributed by atoms with E-state index in [9.17, 15) is 4.79 Å². The van der Waals surface area contributed by atoms with Crippen molar-refractivity contribution in [3.63, 3.8) is 0 Å². The minimum Gasteiger partial charge on any atom is -0.422 e. The maximum absolute atomic E-state index is 11.6. The molecule has 0 radical (unpaired) electrons. The number of carbonyl (C=O) groups excluding carboxylic acids is 1. The zero-order valence-corrected chi connectivity index (χ0v) is 13.1. The normalized spacial score (nSPS) is 10.9. The van der Waals surface area contributed by atoms with Gasteiger partial charge in [-0.1, -0.05) is 27.5 Å². The van der Waals surface area contributed by atoms with Crippen molar-refractivity contribution in [2.24, 2.45) is 0 Å². The largest absolute Gasteiger partial charge is 0.422 e. The van der Waals surface area contributed by atoms with Gasteiger partial charge < -0.3 is 4.74 Å². The van der Waals surface area contributed by atoms with Gasteiger partial charge in [0.1, 0.15) is 5.75 Å². The summed E-state index contributed by atoms with van der Waals surface area (Å²) in [6, 6.07) is 5.05. The molecule has 1 heterocycles. The second-order valence-electron chi connectivity index (χ2n) is 3.62. The molecule has 6 heteroatoms. The molecule has 3 nitrogen and oxygen atoms in total. The molecule has 0 unspecified atom stereocenters. The quantitative estimate of drug-likeness (QED) is 0.461. The lowest BCUT2D eigenvalue weighted by Crippen LogP contribution is -2.04. The summed E-state index contributed by atoms with van der Waals surface area (Å²) in [4.78, 5) is 15.8. The Kier molecular flexibility index (Phi) is 4.74. The van der Waals surface area contributed by atoms with Crippen LogP contribution in [-0.2, 0) is 4.79 Å². The summed E-state index contributed by atoms with van der Waals surface area (Å²) in [5.41, 5.74) is 0.737. The van der Waals surface area contributed by atoms with Crippen LogP contribution in [0.25, 0.3) is 6.08 Å². The maximum Gasteiger partial charge on any atom is 0.336 e. The lowest BCUT2D eigenvalue weighted by Gasteiger charge is -2.03. The molecule has 1 aromatic carbocycles. The number of thiazole rings is 1. The van der Waals surface area contributed by atoms with Gasteiger partial charge in [-0.15, -0.1) is 11.3 Å². The number of aryl methyl sites for hydroxylation is 1. The number of ether oxygens (including phenoxy) is 1. The Morgan fingerprint density at radius 1 is 1.53 bits per heavy atom. The van der Waals surface area contributed by atoms with Crippen LogP contribution in [0, 0.1) is 6.92 Å². The zero-order valence-electron chi connectivity index (χ0n) is 9.89. The minimum absolute atomic E-state index is 0.328. The topological polar surface area (TPSA) is 39.2 Å². The second kappa shape index (κ2) is 6.32. The van der Waals surface area contributed by atoms with Gasteiger partial charge in [0.05, 0.1) is 15.7 Å². The first-order valence-corrected chi connectivity index (χ1v) is 7.37. The van der Waals surface area contributed by atoms with E-state index in [0.29, 0.717) is 10.8 Å². The third kappa shape index (κ3) is 4.16. The highest BCUT2D eigenvalue weighted by Crippen LogP contribution is 2.27. The van der Waals surface area contributed by atoms with Gasteiger partial charge in [0, 0.05) is 15.9 Å². The van der Waals surface area contributed by atoms with Crippen LogP contribution in [0.2, 0.25) is 5.02 Å². The van der Waals surface area contributed by atoms with E-state index in [0.717, 1.165) is 15.2 Å². The Balaban J connectivity index is 2.03. The van der Waals surface area contributed by atoms with Gasteiger partial charge in [0.25, 0.3) is 0 Å². The molecule has 0 saturated heterocycles. The highest BCUT2D eigenvalue weighted by Gasteiger charge is 2.06. The highest BCUT2D eigenvalue weighted by molar-refractivity contribution is 9.10. The molecule has 0 atom stereocenters. The molecular formula is C13H9BrClNO2S. The lowest BCUT2D eigenvalue weighted by molar-refractivity contribution is -0.128. The van der Waals surface area contributed by atoms with Gasteiger partial charge in [-0.05, 0) is 31.2 Å². The molecule has 0 bridgehead atoms. The Morgan fingerprint density at radius 3 is 2.95 bits per heavy atom. The predicted octanol–water partition coefficient (Wildman–Crippen LogP) is 4.49. The van der Waals surface area contributed by atoms with Gasteiger partial charge in [-0.25, -0.2) is 9.78 Å². The molecular weight excluding hydrogens is 350 g/mol. The van der Waals surface area contributed by atoms with Gasteiger partial charge in [-0.2, -0.15) is 0 Å². The second-order valence-corrected chi connectivity index (χ2v) is 6.01. The van der Waals surface area contributed by atoms with E-state index in [4.69, 9.17) is 16.3 Å². The summed E-state index contributed by atoms with van der Waals surface area (Å²) in [6.07, 6.45) is 2.94. The van der Waals surface area contributed by atoms with Crippen LogP contribution < -0.4 is 4.74 Å². The number of aromatic nitrogens is 1. The molecule has 0 saturated carbocycles. The SMILES string of the molecule is Cc1nc(/C=C/C(=O)Oc2ccc(Br)cc2Cl)cs1. The van der Waals surface area contributed by atoms with Crippen LogP contribution in [0.3, 0.4) is 0 Å². The Morgan fingerprint density at radius 2 is 2.32 bits per heavy atom. The Labute approximate surface area is 128 Å². The smallest absolute Gasteiger partial charge is 0.336 e. The number of benzene rings is 1. The third-order valence-corrected chi connectivity index (χ3v) is 3.71. The van der Waals surface area contributed by atoms with E-state index < -0.39 is 5.97 Å². The number of halogens is 2. The first kappa shape index (κ1) is 14.2. The van der Waals surface area contributed by atoms with Crippen molar-refractivity contribution in [3.05, 3.63) is 49.9 Å². The third-order valence-electron chi connectivity index (χ3n) is 2.13. The average molecular weight is 359 g/mol. The fourth-order valence-corrected chi connectivity index (χ4v) is 2.60. The monoisotopic (exact) mass is 357 g/mol. The van der Waals surface area contributed by atoms with Gasteiger partial charge >= 0.3 is 5.97 Å². The number of hydrogen-bond acceptors (Lipinski definition) is 4. The average Bonchev–Trinajstić information content (AvgIpc) is 2.76. The zero-order chi connectivity index (χ0) is 13.8. The number of hydrogen-bond donors (Lipinski definition) is 0. The van der Waals surface area contributed by atoms with Crippen molar-refractivity contribution in [1.82, 2.24) is 4.98 Å². The molecule has 2 aromatic rings. The molecule has 0 aliphatic rings. The summed E-state index contributed by atoms with van der Waals surface area (Å²) in [5.74, 6) is -0.163. The molecule has 0 fully saturated rings. The molecule has 0 aliphatic heterocycles. The van der Waals surface area contributed by atoms with Crippen molar-refractivity contribution >= 4 is 50.9 Å². The highest BCUT2D eigenvalue weighted by atomic mass is 79.9. The molecule has 2 rings (SSSR count). The van der Waals surface area contributed by atoms with Crippen LogP contribution in [0.5, 0.6) is 5.75 Å². The Hall–Kier alpha value is -1.17. The first-order chi connectivity index (χ1) is 9.04. The van der Waals surface area contributed by atoms with Crippen LogP contribution >= 0.6 is 38.9 Å². The van der Waals surface area contributed by atoms with Crippen molar-refractivity contribution in [3.8, 4) is 5.75 Å². The van der Waals surface area contributed by atoms with Crippen molar-refractivity contribution < 1.29 is 9.53 Å². The number of rotatable bonds is 3. The minimum atomic E-state index is -0.491. The van der Waals surface area contributed by atoms with Crippen LogP contribution in [0.1, 0.15) is 10.7 Å². The molecule has 1 aromatic heterocycles. The first-order valence-electron chi connectivity index (χ1n) is 5.31. The van der Waals surface area contributed by atoms with E-state index in [-0.39, 0.29) is 0 Å². The fourth-order valence-electron chi connectivity index (χ4n) is 1.31. The summed E-state index contributed by atoms with van der Waals surface area (Å²) in [6.45, 7) is 1.90. The van der Waals surface area contributed by atoms with Crippen LogP contribution in [0.15, 0.2) is 34.1 Å². The summed E-state index contributed by atoms with van der Waals surface area (Å²) in [5, 5.41) is 3.19. The van der Waals surface area contributed by atoms with Gasteiger partial charge in [0.2, 0.25) is 0 Å². The standard InChI is InChI=1S/C13H9BrClNO2S/c1-8-16-10(7-19-8)3-5-13(17)18-12-4-2-9(14)6-11(12)15/h2-7H,1H3/b5-3+. The fraction of sp³-hybridized carbons (Fsp3) is 0.0769. The summed E-state index contributed by atoms with van der Waals surface area (Å²) < 4.78 is 5.95. The van der Waals surface area contributed by atoms with E-state index in [2.05, 4.69) is 20.9 Å². The molecule has 19 heavy (non-hydrogen) atoms. The van der Waals surface area contributed by atoms with Crippen molar-refractivity contribution in [2.75, 3.05) is 0 Å². The summed E-state index contributed by atoms with van der Waals surface area (Å²) >= 11 is 10.8. The van der Waals surface area contributed by atoms with Crippen molar-refractivity contribution in [1.29, 1.82) is 0 Å². The van der Waals surface area contributed by atoms with E-state index in [1.807, 2.05) is 12.3 Å². The van der Waals surface area contributed by atoms with Gasteiger partial charge in [-0.3, -0.25) is 0 Å². The van der Waals surface area contributed by atoms with Gasteiger partial charge in [0.15, 0.2) is 0 Å². The van der Waals surface area contributed by atoms with E-state index in [1.165, 1.54) is 17.4 Å². The number of esters is 1. The van der Waals surface area contributed by atoms with Crippen molar-refractivity contribution in [2.45, 2.75) is 6.92 Å². The number of carbonyl (C=O) groups is 1. The Bertz CT molecular complexity index is 639. The number of nitrogens with zero attached hydrogens (tertiary/aromatic N) is 1. The molecule has 0 spiro atoms. The van der Waals surface area contributed by atoms with E-state index in [1.54, 1.807) is 24.3 Å². The molecule has 0 N–H and O–H groups in total. The molecule has 98 valence electrons. The maximum atomic E-state index is 11.6.